The quantitative estimate of drug-likeness (QED) is 0.727. The lowest BCUT2D eigenvalue weighted by Crippen LogP contribution is -2.00. The summed E-state index contributed by atoms with van der Waals surface area (Å²) in [5.41, 5.74) is 0. The highest BCUT2D eigenvalue weighted by Crippen LogP contribution is 2.64. The fourth-order valence-corrected chi connectivity index (χ4v) is 6.13. The van der Waals surface area contributed by atoms with Gasteiger partial charge >= 0.3 is 8.25 Å². The van der Waals surface area contributed by atoms with Crippen LogP contribution < -0.4 is 0 Å². The first-order valence-corrected chi connectivity index (χ1v) is 9.94. The van der Waals surface area contributed by atoms with Crippen molar-refractivity contribution in [1.82, 2.24) is 0 Å². The lowest BCUT2D eigenvalue weighted by Gasteiger charge is -2.28. The summed E-state index contributed by atoms with van der Waals surface area (Å²) in [6.07, 6.45) is 7.65. The highest BCUT2D eigenvalue weighted by Gasteiger charge is 2.20. The third kappa shape index (κ3) is 14.9. The van der Waals surface area contributed by atoms with E-state index in [0.29, 0.717) is 0 Å². The Morgan fingerprint density at radius 2 is 1.20 bits per heavy atom. The van der Waals surface area contributed by atoms with Gasteiger partial charge in [-0.3, -0.25) is 4.57 Å². The van der Waals surface area contributed by atoms with Crippen LogP contribution >= 0.6 is 26.1 Å². The normalized spacial score (nSPS) is 11.1. The van der Waals surface area contributed by atoms with Gasteiger partial charge in [-0.25, -0.2) is 0 Å². The molecule has 0 heterocycles. The maximum atomic E-state index is 8.74. The molecule has 0 spiro atoms. The zero-order valence-corrected chi connectivity index (χ0v) is 12.5. The molecule has 2 N–H and O–H groups in total. The molecule has 0 saturated heterocycles. The highest BCUT2D eigenvalue weighted by molar-refractivity contribution is 7.99. The molecule has 0 saturated carbocycles. The topological polar surface area (TPSA) is 57.5 Å². The summed E-state index contributed by atoms with van der Waals surface area (Å²) >= 11 is 6.55. The Morgan fingerprint density at radius 3 is 1.33 bits per heavy atom. The molecule has 0 aromatic rings. The summed E-state index contributed by atoms with van der Waals surface area (Å²) in [4.78, 5) is 14.3. The van der Waals surface area contributed by atoms with Crippen LogP contribution in [0.2, 0.25) is 0 Å². The second-order valence-electron chi connectivity index (χ2n) is 3.48. The van der Waals surface area contributed by atoms with Crippen molar-refractivity contribution in [2.24, 2.45) is 0 Å². The molecule has 0 aromatic carbocycles. The van der Waals surface area contributed by atoms with Gasteiger partial charge in [-0.1, -0.05) is 40.0 Å². The molecule has 0 aliphatic rings. The predicted octanol–water partition coefficient (Wildman–Crippen LogP) is 3.75. The maximum absolute atomic E-state index is 8.74. The smallest absolute Gasteiger partial charge is 0.314 e. The summed E-state index contributed by atoms with van der Waals surface area (Å²) in [6, 6.07) is 0. The Labute approximate surface area is 99.3 Å². The van der Waals surface area contributed by atoms with Gasteiger partial charge in [0.05, 0.1) is 0 Å². The molecule has 0 aromatic heterocycles. The predicted molar refractivity (Wildman–Crippen MR) is 71.7 cm³/mol. The van der Waals surface area contributed by atoms with Crippen molar-refractivity contribution in [2.75, 3.05) is 18.5 Å². The Balaban J connectivity index is 0. The highest BCUT2D eigenvalue weighted by atomic mass is 35.7. The summed E-state index contributed by atoms with van der Waals surface area (Å²) in [5.74, 6) is 0. The van der Waals surface area contributed by atoms with E-state index >= 15 is 0 Å². The van der Waals surface area contributed by atoms with Gasteiger partial charge in [0.2, 0.25) is 0 Å². The Morgan fingerprint density at radius 1 is 1.00 bits per heavy atom. The lowest BCUT2D eigenvalue weighted by atomic mass is 10.6. The zero-order chi connectivity index (χ0) is 12.3. The second kappa shape index (κ2) is 11.4. The van der Waals surface area contributed by atoms with Crippen molar-refractivity contribution in [3.63, 3.8) is 0 Å². The molecule has 0 rings (SSSR count). The van der Waals surface area contributed by atoms with Gasteiger partial charge in [-0.2, -0.15) is 0 Å². The monoisotopic (exact) mass is 277 g/mol. The van der Waals surface area contributed by atoms with E-state index in [1.807, 2.05) is 0 Å². The van der Waals surface area contributed by atoms with Crippen LogP contribution in [-0.4, -0.2) is 28.3 Å². The van der Waals surface area contributed by atoms with Crippen molar-refractivity contribution in [2.45, 2.75) is 40.0 Å². The number of halogens is 1. The van der Waals surface area contributed by atoms with Gasteiger partial charge in [-0.15, -0.1) is 11.2 Å². The molecule has 6 heteroatoms. The molecule has 15 heavy (non-hydrogen) atoms. The molecule has 95 valence electrons. The molecule has 0 fully saturated rings. The van der Waals surface area contributed by atoms with Crippen molar-refractivity contribution in [1.29, 1.82) is 0 Å². The number of hydrogen-bond donors (Lipinski definition) is 2. The van der Waals surface area contributed by atoms with Gasteiger partial charge < -0.3 is 9.79 Å². The van der Waals surface area contributed by atoms with Crippen LogP contribution in [-0.2, 0) is 4.57 Å². The van der Waals surface area contributed by atoms with Gasteiger partial charge in [0.1, 0.15) is 0 Å². The molecule has 0 atom stereocenters. The van der Waals surface area contributed by atoms with Gasteiger partial charge in [0, 0.05) is 0 Å². The van der Waals surface area contributed by atoms with Crippen LogP contribution in [0.5, 0.6) is 0 Å². The Bertz CT molecular complexity index is 146. The molecule has 0 bridgehead atoms. The van der Waals surface area contributed by atoms with E-state index in [9.17, 15) is 0 Å². The maximum Gasteiger partial charge on any atom is 0.314 e. The van der Waals surface area contributed by atoms with Gasteiger partial charge in [-0.05, 0) is 25.1 Å². The SMILES string of the molecule is CCC[P](Cl)(CCC)CCC.O=[PH](O)O. The van der Waals surface area contributed by atoms with E-state index in [-0.39, 0.29) is 0 Å². The van der Waals surface area contributed by atoms with Crippen molar-refractivity contribution >= 4 is 26.1 Å². The number of rotatable bonds is 6. The first kappa shape index (κ1) is 18.2. The van der Waals surface area contributed by atoms with E-state index in [1.54, 1.807) is 0 Å². The minimum absolute atomic E-state index is 0.997. The van der Waals surface area contributed by atoms with Crippen LogP contribution in [0.15, 0.2) is 0 Å². The van der Waals surface area contributed by atoms with Crippen molar-refractivity contribution in [3.05, 3.63) is 0 Å². The summed E-state index contributed by atoms with van der Waals surface area (Å²) in [7, 11) is -3.13. The first-order valence-electron chi connectivity index (χ1n) is 5.39. The van der Waals surface area contributed by atoms with E-state index in [1.165, 1.54) is 37.7 Å². The van der Waals surface area contributed by atoms with E-state index < -0.39 is 14.9 Å². The third-order valence-electron chi connectivity index (χ3n) is 1.87. The molecule has 0 amide bonds. The standard InChI is InChI=1S/C9H21ClP.H3O3P/c1-4-7-11(10,8-5-2)9-6-3;1-4(2)3/h4-9H2,1-3H3;4H,(H2,1,2,3). The summed E-state index contributed by atoms with van der Waals surface area (Å²) in [6.45, 7) is 5.72. The zero-order valence-electron chi connectivity index (χ0n) is 9.87. The molecule has 1 radical (unpaired) electrons. The van der Waals surface area contributed by atoms with Crippen LogP contribution in [0.25, 0.3) is 0 Å². The first-order chi connectivity index (χ1) is 6.91. The van der Waals surface area contributed by atoms with Crippen molar-refractivity contribution < 1.29 is 14.4 Å². The second-order valence-corrected chi connectivity index (χ2v) is 9.60. The molecular formula is C9H24ClO3P2. The third-order valence-corrected chi connectivity index (χ3v) is 7.14. The molecule has 0 aliphatic heterocycles. The van der Waals surface area contributed by atoms with Crippen LogP contribution in [0, 0.1) is 0 Å². The Hall–Kier alpha value is 0.870. The Kier molecular flexibility index (Phi) is 13.8. The van der Waals surface area contributed by atoms with Crippen molar-refractivity contribution in [3.8, 4) is 0 Å². The minimum Gasteiger partial charge on any atom is -0.326 e. The summed E-state index contributed by atoms with van der Waals surface area (Å²) in [5, 5.41) is 0. The van der Waals surface area contributed by atoms with Crippen LogP contribution in [0.3, 0.4) is 0 Å². The van der Waals surface area contributed by atoms with Crippen LogP contribution in [0.4, 0.5) is 0 Å². The molecular weight excluding hydrogens is 253 g/mol. The molecule has 3 nitrogen and oxygen atoms in total. The van der Waals surface area contributed by atoms with E-state index in [4.69, 9.17) is 25.6 Å². The number of hydrogen-bond acceptors (Lipinski definition) is 1. The average Bonchev–Trinajstić information content (AvgIpc) is 2.03. The lowest BCUT2D eigenvalue weighted by molar-refractivity contribution is 0.405. The van der Waals surface area contributed by atoms with Gasteiger partial charge in [0.15, 0.2) is 0 Å². The minimum atomic E-state index is -3.13. The largest absolute Gasteiger partial charge is 0.326 e. The molecule has 0 unspecified atom stereocenters. The fourth-order valence-electron chi connectivity index (χ4n) is 1.54. The van der Waals surface area contributed by atoms with E-state index in [0.717, 1.165) is 0 Å². The molecule has 0 aliphatic carbocycles. The van der Waals surface area contributed by atoms with Gasteiger partial charge in [0.25, 0.3) is 0 Å². The summed E-state index contributed by atoms with van der Waals surface area (Å²) < 4.78 is 8.74. The fraction of sp³-hybridized carbons (Fsp3) is 1.00. The van der Waals surface area contributed by atoms with Crippen LogP contribution in [0.1, 0.15) is 40.0 Å². The average molecular weight is 278 g/mol. The van der Waals surface area contributed by atoms with E-state index in [2.05, 4.69) is 20.8 Å².